The van der Waals surface area contributed by atoms with Gasteiger partial charge in [-0.2, -0.15) is 0 Å². The van der Waals surface area contributed by atoms with E-state index in [1.54, 1.807) is 6.07 Å². The summed E-state index contributed by atoms with van der Waals surface area (Å²) >= 11 is 0. The van der Waals surface area contributed by atoms with Gasteiger partial charge in [0.1, 0.15) is 5.75 Å². The van der Waals surface area contributed by atoms with Crippen LogP contribution in [0.4, 0.5) is 0 Å². The van der Waals surface area contributed by atoms with E-state index in [0.717, 1.165) is 64.8 Å². The molecule has 37 heavy (non-hydrogen) atoms. The van der Waals surface area contributed by atoms with Gasteiger partial charge in [-0.05, 0) is 87.3 Å². The predicted octanol–water partition coefficient (Wildman–Crippen LogP) is 5.13. The second-order valence-corrected chi connectivity index (χ2v) is 11.7. The van der Waals surface area contributed by atoms with E-state index in [9.17, 15) is 9.90 Å². The molecule has 5 heteroatoms. The molecule has 3 aliphatic rings. The van der Waals surface area contributed by atoms with Gasteiger partial charge in [0.05, 0.1) is 6.04 Å². The second-order valence-electron chi connectivity index (χ2n) is 11.7. The van der Waals surface area contributed by atoms with Gasteiger partial charge in [-0.15, -0.1) is 0 Å². The molecule has 2 heterocycles. The monoisotopic (exact) mass is 503 g/mol. The van der Waals surface area contributed by atoms with Crippen LogP contribution < -0.4 is 5.32 Å². The maximum absolute atomic E-state index is 13.4. The summed E-state index contributed by atoms with van der Waals surface area (Å²) in [5.74, 6) is 0.891. The molecule has 2 N–H and O–H groups in total. The van der Waals surface area contributed by atoms with E-state index in [2.05, 4.69) is 58.4 Å². The molecule has 1 amide bonds. The van der Waals surface area contributed by atoms with Gasteiger partial charge in [-0.3, -0.25) is 9.69 Å². The fourth-order valence-corrected chi connectivity index (χ4v) is 7.57. The molecule has 5 nitrogen and oxygen atoms in total. The highest BCUT2D eigenvalue weighted by molar-refractivity contribution is 5.77. The fourth-order valence-electron chi connectivity index (χ4n) is 7.57. The van der Waals surface area contributed by atoms with Crippen LogP contribution in [-0.4, -0.2) is 65.6 Å². The quantitative estimate of drug-likeness (QED) is 0.498. The summed E-state index contributed by atoms with van der Waals surface area (Å²) in [6, 6.07) is 19.0. The standard InChI is InChI=1S/C32H45N3O2/c1-25-24-35(21-10-13-26-11-4-2-5-12-26)29-16-9-18-32(25,27-14-8-15-28(36)23-27)31(29)33-30(37)17-22-34-19-6-3-7-20-34/h2,4-5,8,11-12,14-15,23,25,29,31,36H,3,6-7,9-10,13,16-22,24H2,1H3,(H,33,37)/t25?,29?,31-,32?/m0/s1. The van der Waals surface area contributed by atoms with Crippen molar-refractivity contribution in [1.29, 1.82) is 0 Å². The summed E-state index contributed by atoms with van der Waals surface area (Å²) in [4.78, 5) is 18.6. The molecule has 0 spiro atoms. The van der Waals surface area contributed by atoms with E-state index in [0.29, 0.717) is 24.1 Å². The maximum atomic E-state index is 13.4. The number of nitrogens with zero attached hydrogens (tertiary/aromatic N) is 2. The van der Waals surface area contributed by atoms with Crippen molar-refractivity contribution in [2.45, 2.75) is 82.2 Å². The Bertz CT molecular complexity index is 1020. The van der Waals surface area contributed by atoms with Crippen LogP contribution in [0.5, 0.6) is 5.75 Å². The number of phenols is 1. The lowest BCUT2D eigenvalue weighted by atomic mass is 9.55. The first-order valence-corrected chi connectivity index (χ1v) is 14.7. The zero-order chi connectivity index (χ0) is 25.7. The van der Waals surface area contributed by atoms with E-state index >= 15 is 0 Å². The van der Waals surface area contributed by atoms with Gasteiger partial charge in [-0.25, -0.2) is 0 Å². The highest BCUT2D eigenvalue weighted by atomic mass is 16.3. The van der Waals surface area contributed by atoms with Crippen molar-refractivity contribution in [2.75, 3.05) is 32.7 Å². The van der Waals surface area contributed by atoms with E-state index in [1.165, 1.54) is 30.4 Å². The number of amides is 1. The van der Waals surface area contributed by atoms with Crippen molar-refractivity contribution in [3.8, 4) is 5.75 Å². The molecule has 2 bridgehead atoms. The highest BCUT2D eigenvalue weighted by Gasteiger charge is 2.55. The number of rotatable bonds is 9. The second kappa shape index (κ2) is 12.0. The molecule has 200 valence electrons. The lowest BCUT2D eigenvalue weighted by molar-refractivity contribution is -0.126. The third-order valence-corrected chi connectivity index (χ3v) is 9.44. The Morgan fingerprint density at radius 3 is 2.62 bits per heavy atom. The number of piperidine rings is 2. The zero-order valence-corrected chi connectivity index (χ0v) is 22.6. The maximum Gasteiger partial charge on any atom is 0.221 e. The largest absolute Gasteiger partial charge is 0.508 e. The minimum absolute atomic E-state index is 0.0670. The highest BCUT2D eigenvalue weighted by Crippen LogP contribution is 2.50. The van der Waals surface area contributed by atoms with Crippen LogP contribution in [0.3, 0.4) is 0 Å². The molecule has 2 aromatic rings. The first kappa shape index (κ1) is 26.2. The summed E-state index contributed by atoms with van der Waals surface area (Å²) in [6.45, 7) is 7.56. The number of carbonyl (C=O) groups excluding carboxylic acids is 1. The Morgan fingerprint density at radius 2 is 1.84 bits per heavy atom. The van der Waals surface area contributed by atoms with Crippen molar-refractivity contribution in [3.63, 3.8) is 0 Å². The molecule has 0 aromatic heterocycles. The number of carbonyl (C=O) groups is 1. The summed E-state index contributed by atoms with van der Waals surface area (Å²) in [6.07, 6.45) is 9.94. The SMILES string of the molecule is CC1CN(CCCc2ccccc2)C2CCCC1(c1cccc(O)c1)[C@H]2NC(=O)CCN1CCCCC1. The van der Waals surface area contributed by atoms with Gasteiger partial charge >= 0.3 is 0 Å². The summed E-state index contributed by atoms with van der Waals surface area (Å²) in [7, 11) is 0. The number of phenolic OH excluding ortho intramolecular Hbond substituents is 1. The number of nitrogens with one attached hydrogen (secondary N) is 1. The normalized spacial score (nSPS) is 28.6. The Hall–Kier alpha value is -2.37. The molecule has 3 unspecified atom stereocenters. The van der Waals surface area contributed by atoms with E-state index in [4.69, 9.17) is 0 Å². The zero-order valence-electron chi connectivity index (χ0n) is 22.6. The van der Waals surface area contributed by atoms with Crippen LogP contribution in [0.25, 0.3) is 0 Å². The average Bonchev–Trinajstić information content (AvgIpc) is 2.92. The third kappa shape index (κ3) is 5.88. The molecule has 4 atom stereocenters. The van der Waals surface area contributed by atoms with Crippen LogP contribution in [-0.2, 0) is 16.6 Å². The van der Waals surface area contributed by atoms with Crippen LogP contribution in [0, 0.1) is 5.92 Å². The number of hydrogen-bond acceptors (Lipinski definition) is 4. The van der Waals surface area contributed by atoms with Crippen molar-refractivity contribution >= 4 is 5.91 Å². The molecule has 1 aliphatic carbocycles. The number of benzene rings is 2. The molecular weight excluding hydrogens is 458 g/mol. The summed E-state index contributed by atoms with van der Waals surface area (Å²) in [5.41, 5.74) is 2.45. The van der Waals surface area contributed by atoms with Gasteiger partial charge < -0.3 is 15.3 Å². The minimum Gasteiger partial charge on any atom is -0.508 e. The van der Waals surface area contributed by atoms with E-state index < -0.39 is 0 Å². The minimum atomic E-state index is -0.141. The van der Waals surface area contributed by atoms with Crippen molar-refractivity contribution in [2.24, 2.45) is 5.92 Å². The van der Waals surface area contributed by atoms with Gasteiger partial charge in [0, 0.05) is 31.0 Å². The van der Waals surface area contributed by atoms with E-state index in [1.807, 2.05) is 12.1 Å². The van der Waals surface area contributed by atoms with Crippen molar-refractivity contribution < 1.29 is 9.90 Å². The predicted molar refractivity (Wildman–Crippen MR) is 150 cm³/mol. The lowest BCUT2D eigenvalue weighted by Gasteiger charge is -2.60. The first-order valence-electron chi connectivity index (χ1n) is 14.7. The van der Waals surface area contributed by atoms with Crippen LogP contribution >= 0.6 is 0 Å². The Morgan fingerprint density at radius 1 is 1.03 bits per heavy atom. The number of likely N-dealkylation sites (tertiary alicyclic amines) is 2. The number of hydrogen-bond donors (Lipinski definition) is 2. The number of aryl methyl sites for hydroxylation is 1. The number of aromatic hydroxyl groups is 1. The Labute approximate surface area is 223 Å². The molecule has 1 saturated carbocycles. The van der Waals surface area contributed by atoms with Crippen LogP contribution in [0.2, 0.25) is 0 Å². The molecule has 5 rings (SSSR count). The molecule has 2 saturated heterocycles. The topological polar surface area (TPSA) is 55.8 Å². The fraction of sp³-hybridized carbons (Fsp3) is 0.594. The molecule has 3 fully saturated rings. The van der Waals surface area contributed by atoms with Crippen LogP contribution in [0.1, 0.15) is 69.4 Å². The summed E-state index contributed by atoms with van der Waals surface area (Å²) < 4.78 is 0. The molecule has 0 radical (unpaired) electrons. The van der Waals surface area contributed by atoms with E-state index in [-0.39, 0.29) is 17.4 Å². The lowest BCUT2D eigenvalue weighted by Crippen LogP contribution is -2.70. The Balaban J connectivity index is 1.34. The number of fused-ring (bicyclic) bond motifs is 2. The first-order chi connectivity index (χ1) is 18.1. The van der Waals surface area contributed by atoms with Crippen LogP contribution in [0.15, 0.2) is 54.6 Å². The third-order valence-electron chi connectivity index (χ3n) is 9.44. The van der Waals surface area contributed by atoms with Gasteiger partial charge in [0.2, 0.25) is 5.91 Å². The van der Waals surface area contributed by atoms with Gasteiger partial charge in [0.25, 0.3) is 0 Å². The van der Waals surface area contributed by atoms with Crippen molar-refractivity contribution in [3.05, 3.63) is 65.7 Å². The average molecular weight is 504 g/mol. The smallest absolute Gasteiger partial charge is 0.221 e. The van der Waals surface area contributed by atoms with Crippen molar-refractivity contribution in [1.82, 2.24) is 15.1 Å². The van der Waals surface area contributed by atoms with Gasteiger partial charge in [0.15, 0.2) is 0 Å². The molecule has 2 aliphatic heterocycles. The summed E-state index contributed by atoms with van der Waals surface area (Å²) in [5, 5.41) is 14.0. The Kier molecular flexibility index (Phi) is 8.51. The molecular formula is C32H45N3O2. The molecule has 2 aromatic carbocycles. The van der Waals surface area contributed by atoms with Gasteiger partial charge in [-0.1, -0.05) is 62.2 Å².